The summed E-state index contributed by atoms with van der Waals surface area (Å²) < 4.78 is 2.26. The van der Waals surface area contributed by atoms with E-state index in [4.69, 9.17) is 5.73 Å². The van der Waals surface area contributed by atoms with E-state index >= 15 is 0 Å². The molecular weight excluding hydrogens is 188 g/mol. The smallest absolute Gasteiger partial charge is 0.151 e. The van der Waals surface area contributed by atoms with E-state index in [-0.39, 0.29) is 0 Å². The first-order chi connectivity index (χ1) is 7.18. The molecule has 2 aromatic rings. The van der Waals surface area contributed by atoms with Gasteiger partial charge in [-0.05, 0) is 32.3 Å². The molecule has 1 aliphatic heterocycles. The van der Waals surface area contributed by atoms with Gasteiger partial charge in [-0.3, -0.25) is 0 Å². The van der Waals surface area contributed by atoms with Crippen molar-refractivity contribution in [2.75, 3.05) is 5.73 Å². The Morgan fingerprint density at radius 1 is 1.27 bits per heavy atom. The van der Waals surface area contributed by atoms with Crippen LogP contribution >= 0.6 is 0 Å². The molecule has 0 atom stereocenters. The lowest BCUT2D eigenvalue weighted by Gasteiger charge is -2.17. The summed E-state index contributed by atoms with van der Waals surface area (Å²) in [5.41, 5.74) is 10.4. The fraction of sp³-hybridized carbons (Fsp3) is 0.455. The Morgan fingerprint density at radius 2 is 2.07 bits per heavy atom. The van der Waals surface area contributed by atoms with E-state index in [1.807, 2.05) is 13.8 Å². The number of pyridine rings is 1. The molecule has 1 aliphatic rings. The highest BCUT2D eigenvalue weighted by atomic mass is 15.1. The van der Waals surface area contributed by atoms with Crippen LogP contribution in [0.2, 0.25) is 0 Å². The third-order valence-electron chi connectivity index (χ3n) is 3.22. The quantitative estimate of drug-likeness (QED) is 0.705. The molecule has 15 heavy (non-hydrogen) atoms. The molecule has 3 rings (SSSR count). The minimum absolute atomic E-state index is 0.565. The van der Waals surface area contributed by atoms with E-state index in [0.717, 1.165) is 30.0 Å². The Kier molecular flexibility index (Phi) is 1.58. The van der Waals surface area contributed by atoms with Crippen LogP contribution < -0.4 is 5.73 Å². The molecule has 0 fully saturated rings. The van der Waals surface area contributed by atoms with Gasteiger partial charge in [-0.25, -0.2) is 9.97 Å². The highest BCUT2D eigenvalue weighted by Crippen LogP contribution is 2.30. The minimum Gasteiger partial charge on any atom is -0.382 e. The van der Waals surface area contributed by atoms with Gasteiger partial charge in [0.1, 0.15) is 11.3 Å². The van der Waals surface area contributed by atoms with Crippen molar-refractivity contribution < 1.29 is 0 Å². The molecule has 0 aromatic carbocycles. The normalized spacial score (nSPS) is 14.8. The molecule has 0 bridgehead atoms. The summed E-state index contributed by atoms with van der Waals surface area (Å²) in [6, 6.07) is 0. The average molecular weight is 202 g/mol. The predicted octanol–water partition coefficient (Wildman–Crippen LogP) is 1.58. The fourth-order valence-corrected chi connectivity index (χ4v) is 2.51. The van der Waals surface area contributed by atoms with Crippen LogP contribution in [-0.4, -0.2) is 14.5 Å². The van der Waals surface area contributed by atoms with Crippen molar-refractivity contribution in [3.63, 3.8) is 0 Å². The first-order valence-electron chi connectivity index (χ1n) is 5.30. The molecular formula is C11H14N4. The maximum absolute atomic E-state index is 5.90. The second-order valence-corrected chi connectivity index (χ2v) is 4.17. The molecule has 0 unspecified atom stereocenters. The lowest BCUT2D eigenvalue weighted by molar-refractivity contribution is 0.614. The molecule has 2 N–H and O–H groups in total. The minimum atomic E-state index is 0.565. The van der Waals surface area contributed by atoms with Crippen LogP contribution in [-0.2, 0) is 13.0 Å². The van der Waals surface area contributed by atoms with Gasteiger partial charge in [-0.2, -0.15) is 0 Å². The highest BCUT2D eigenvalue weighted by Gasteiger charge is 2.20. The summed E-state index contributed by atoms with van der Waals surface area (Å²) >= 11 is 0. The van der Waals surface area contributed by atoms with Gasteiger partial charge in [-0.15, -0.1) is 0 Å². The SMILES string of the molecule is Cc1nc(N)c2nc(C)n3c2c1CCC3. The third kappa shape index (κ3) is 1.02. The number of hydrogen-bond donors (Lipinski definition) is 1. The zero-order chi connectivity index (χ0) is 10.6. The molecule has 0 saturated carbocycles. The van der Waals surface area contributed by atoms with Crippen LogP contribution in [0.15, 0.2) is 0 Å². The van der Waals surface area contributed by atoms with Crippen molar-refractivity contribution in [1.29, 1.82) is 0 Å². The standard InChI is InChI=1S/C11H14N4/c1-6-8-4-3-5-15-7(2)14-9(10(8)15)11(12)13-6/h3-5H2,1-2H3,(H2,12,13). The van der Waals surface area contributed by atoms with Crippen LogP contribution in [0.4, 0.5) is 5.82 Å². The first kappa shape index (κ1) is 8.71. The fourth-order valence-electron chi connectivity index (χ4n) is 2.51. The summed E-state index contributed by atoms with van der Waals surface area (Å²) in [4.78, 5) is 8.86. The zero-order valence-corrected chi connectivity index (χ0v) is 9.04. The number of nitrogen functional groups attached to an aromatic ring is 1. The summed E-state index contributed by atoms with van der Waals surface area (Å²) in [6.45, 7) is 5.12. The van der Waals surface area contributed by atoms with Crippen molar-refractivity contribution in [1.82, 2.24) is 14.5 Å². The lowest BCUT2D eigenvalue weighted by atomic mass is 10.0. The number of hydrogen-bond acceptors (Lipinski definition) is 3. The topological polar surface area (TPSA) is 56.7 Å². The van der Waals surface area contributed by atoms with Crippen molar-refractivity contribution in [3.05, 3.63) is 17.1 Å². The molecule has 0 radical (unpaired) electrons. The van der Waals surface area contributed by atoms with Crippen molar-refractivity contribution in [2.45, 2.75) is 33.2 Å². The van der Waals surface area contributed by atoms with Crippen LogP contribution in [0.3, 0.4) is 0 Å². The second-order valence-electron chi connectivity index (χ2n) is 4.17. The zero-order valence-electron chi connectivity index (χ0n) is 9.04. The molecule has 2 aromatic heterocycles. The molecule has 0 amide bonds. The molecule has 3 heterocycles. The van der Waals surface area contributed by atoms with Gasteiger partial charge in [0.15, 0.2) is 5.82 Å². The summed E-state index contributed by atoms with van der Waals surface area (Å²) in [7, 11) is 0. The third-order valence-corrected chi connectivity index (χ3v) is 3.22. The second kappa shape index (κ2) is 2.72. The van der Waals surface area contributed by atoms with E-state index in [1.165, 1.54) is 17.5 Å². The Hall–Kier alpha value is -1.58. The summed E-state index contributed by atoms with van der Waals surface area (Å²) in [5, 5.41) is 0. The molecule has 0 spiro atoms. The Morgan fingerprint density at radius 3 is 2.87 bits per heavy atom. The lowest BCUT2D eigenvalue weighted by Crippen LogP contribution is -2.11. The molecule has 4 heteroatoms. The van der Waals surface area contributed by atoms with Crippen LogP contribution in [0, 0.1) is 13.8 Å². The van der Waals surface area contributed by atoms with Crippen LogP contribution in [0.5, 0.6) is 0 Å². The van der Waals surface area contributed by atoms with Crippen molar-refractivity contribution >= 4 is 16.9 Å². The van der Waals surface area contributed by atoms with Gasteiger partial charge in [0, 0.05) is 12.2 Å². The molecule has 0 saturated heterocycles. The highest BCUT2D eigenvalue weighted by molar-refractivity contribution is 5.89. The predicted molar refractivity (Wildman–Crippen MR) is 59.7 cm³/mol. The number of nitrogens with two attached hydrogens (primary N) is 1. The van der Waals surface area contributed by atoms with E-state index < -0.39 is 0 Å². The molecule has 78 valence electrons. The largest absolute Gasteiger partial charge is 0.382 e. The number of nitrogens with zero attached hydrogens (tertiary/aromatic N) is 3. The number of anilines is 1. The van der Waals surface area contributed by atoms with Gasteiger partial charge >= 0.3 is 0 Å². The van der Waals surface area contributed by atoms with Crippen molar-refractivity contribution in [2.24, 2.45) is 0 Å². The van der Waals surface area contributed by atoms with E-state index in [9.17, 15) is 0 Å². The van der Waals surface area contributed by atoms with Crippen molar-refractivity contribution in [3.8, 4) is 0 Å². The van der Waals surface area contributed by atoms with Gasteiger partial charge in [0.2, 0.25) is 0 Å². The summed E-state index contributed by atoms with van der Waals surface area (Å²) in [5.74, 6) is 1.61. The Bertz CT molecular complexity index is 553. The average Bonchev–Trinajstić information content (AvgIpc) is 2.55. The Balaban J connectivity index is 2.54. The number of aryl methyl sites for hydroxylation is 4. The molecule has 0 aliphatic carbocycles. The number of imidazole rings is 1. The van der Waals surface area contributed by atoms with Crippen LogP contribution in [0.1, 0.15) is 23.5 Å². The first-order valence-corrected chi connectivity index (χ1v) is 5.30. The van der Waals surface area contributed by atoms with E-state index in [0.29, 0.717) is 5.82 Å². The molecule has 4 nitrogen and oxygen atoms in total. The summed E-state index contributed by atoms with van der Waals surface area (Å²) in [6.07, 6.45) is 2.27. The maximum Gasteiger partial charge on any atom is 0.151 e. The number of rotatable bonds is 0. The van der Waals surface area contributed by atoms with Gasteiger partial charge in [0.05, 0.1) is 5.52 Å². The van der Waals surface area contributed by atoms with E-state index in [2.05, 4.69) is 14.5 Å². The maximum atomic E-state index is 5.90. The van der Waals surface area contributed by atoms with Gasteiger partial charge in [-0.1, -0.05) is 0 Å². The van der Waals surface area contributed by atoms with Crippen LogP contribution in [0.25, 0.3) is 11.0 Å². The monoisotopic (exact) mass is 202 g/mol. The van der Waals surface area contributed by atoms with Gasteiger partial charge in [0.25, 0.3) is 0 Å². The number of aromatic nitrogens is 3. The van der Waals surface area contributed by atoms with Gasteiger partial charge < -0.3 is 10.3 Å². The Labute approximate surface area is 88.1 Å². The van der Waals surface area contributed by atoms with E-state index in [1.54, 1.807) is 0 Å².